The van der Waals surface area contributed by atoms with E-state index in [4.69, 9.17) is 0 Å². The molecule has 106 valence electrons. The third-order valence-corrected chi connectivity index (χ3v) is 5.06. The molecule has 0 nitrogen and oxygen atoms in total. The van der Waals surface area contributed by atoms with Gasteiger partial charge in [-0.05, 0) is 53.6 Å². The van der Waals surface area contributed by atoms with Crippen LogP contribution in [0.25, 0.3) is 0 Å². The smallest absolute Gasteiger partial charge is 0.0435 e. The van der Waals surface area contributed by atoms with E-state index in [-0.39, 0.29) is 0 Å². The number of hydrogen-bond donors (Lipinski definition) is 0. The molecule has 0 bridgehead atoms. The monoisotopic (exact) mass is 394 g/mol. The van der Waals surface area contributed by atoms with E-state index in [2.05, 4.69) is 88.2 Å². The maximum absolute atomic E-state index is 3.84. The molecule has 0 aliphatic carbocycles. The summed E-state index contributed by atoms with van der Waals surface area (Å²) in [6.45, 7) is 4.46. The van der Waals surface area contributed by atoms with Crippen LogP contribution >= 0.6 is 31.9 Å². The molecule has 2 aromatic rings. The Labute approximate surface area is 138 Å². The predicted molar refractivity (Wildman–Crippen MR) is 94.7 cm³/mol. The highest BCUT2D eigenvalue weighted by Crippen LogP contribution is 2.29. The van der Waals surface area contributed by atoms with Crippen LogP contribution in [-0.4, -0.2) is 0 Å². The zero-order chi connectivity index (χ0) is 14.5. The van der Waals surface area contributed by atoms with Gasteiger partial charge in [0, 0.05) is 9.30 Å². The molecule has 1 unspecified atom stereocenters. The van der Waals surface area contributed by atoms with Crippen molar-refractivity contribution >= 4 is 31.9 Å². The lowest BCUT2D eigenvalue weighted by molar-refractivity contribution is 0.934. The second kappa shape index (κ2) is 7.42. The second-order valence-corrected chi connectivity index (χ2v) is 7.05. The maximum atomic E-state index is 3.84. The fraction of sp³-hybridized carbons (Fsp3) is 0.333. The molecular weight excluding hydrogens is 376 g/mol. The minimum atomic E-state index is 0.375. The van der Waals surface area contributed by atoms with Crippen LogP contribution in [0.3, 0.4) is 0 Å². The van der Waals surface area contributed by atoms with Crippen LogP contribution in [0.15, 0.2) is 46.9 Å². The van der Waals surface area contributed by atoms with Gasteiger partial charge in [0.2, 0.25) is 0 Å². The highest BCUT2D eigenvalue weighted by molar-refractivity contribution is 9.10. The topological polar surface area (TPSA) is 0 Å². The molecular formula is C18H20Br2. The van der Waals surface area contributed by atoms with Crippen LogP contribution in [0.1, 0.15) is 40.9 Å². The van der Waals surface area contributed by atoms with Gasteiger partial charge in [0.05, 0.1) is 0 Å². The molecule has 0 spiro atoms. The van der Waals surface area contributed by atoms with Crippen LogP contribution < -0.4 is 0 Å². The summed E-state index contributed by atoms with van der Waals surface area (Å²) in [7, 11) is 0. The van der Waals surface area contributed by atoms with Gasteiger partial charge in [0.15, 0.2) is 0 Å². The lowest BCUT2D eigenvalue weighted by Crippen LogP contribution is -1.99. The number of alkyl halides is 1. The largest absolute Gasteiger partial charge is 0.0835 e. The van der Waals surface area contributed by atoms with Crippen LogP contribution in [0.2, 0.25) is 0 Å². The number of halogens is 2. The van der Waals surface area contributed by atoms with E-state index >= 15 is 0 Å². The average Bonchev–Trinajstić information content (AvgIpc) is 2.48. The molecule has 2 heteroatoms. The molecule has 0 heterocycles. The number of rotatable bonds is 5. The van der Waals surface area contributed by atoms with Gasteiger partial charge >= 0.3 is 0 Å². The molecule has 0 N–H and O–H groups in total. The Balaban J connectivity index is 2.16. The predicted octanol–water partition coefficient (Wildman–Crippen LogP) is 6.25. The SMILES string of the molecule is CCc1ccc(C(Br)Cc2ccc(Br)cc2)cc1CC. The third kappa shape index (κ3) is 3.95. The van der Waals surface area contributed by atoms with Crippen molar-refractivity contribution in [1.29, 1.82) is 0 Å². The minimum absolute atomic E-state index is 0.375. The Morgan fingerprint density at radius 3 is 2.15 bits per heavy atom. The quantitative estimate of drug-likeness (QED) is 0.524. The van der Waals surface area contributed by atoms with Gasteiger partial charge in [-0.15, -0.1) is 0 Å². The van der Waals surface area contributed by atoms with E-state index < -0.39 is 0 Å². The van der Waals surface area contributed by atoms with Gasteiger partial charge in [0.1, 0.15) is 0 Å². The van der Waals surface area contributed by atoms with E-state index in [1.165, 1.54) is 22.3 Å². The Morgan fingerprint density at radius 2 is 1.55 bits per heavy atom. The third-order valence-electron chi connectivity index (χ3n) is 3.68. The van der Waals surface area contributed by atoms with E-state index in [0.29, 0.717) is 4.83 Å². The van der Waals surface area contributed by atoms with Crippen molar-refractivity contribution in [2.75, 3.05) is 0 Å². The molecule has 0 aliphatic rings. The van der Waals surface area contributed by atoms with Crippen LogP contribution in [0.4, 0.5) is 0 Å². The van der Waals surface area contributed by atoms with Crippen molar-refractivity contribution in [3.63, 3.8) is 0 Å². The first-order chi connectivity index (χ1) is 9.63. The maximum Gasteiger partial charge on any atom is 0.0435 e. The Kier molecular flexibility index (Phi) is 5.86. The lowest BCUT2D eigenvalue weighted by Gasteiger charge is -2.14. The summed E-state index contributed by atoms with van der Waals surface area (Å²) in [5.41, 5.74) is 5.68. The summed E-state index contributed by atoms with van der Waals surface area (Å²) in [4.78, 5) is 0.375. The van der Waals surface area contributed by atoms with Crippen molar-refractivity contribution in [3.8, 4) is 0 Å². The molecule has 0 amide bonds. The van der Waals surface area contributed by atoms with Crippen LogP contribution in [-0.2, 0) is 19.3 Å². The van der Waals surface area contributed by atoms with Crippen molar-refractivity contribution in [2.24, 2.45) is 0 Å². The molecule has 0 fully saturated rings. The molecule has 0 aromatic heterocycles. The second-order valence-electron chi connectivity index (χ2n) is 5.03. The summed E-state index contributed by atoms with van der Waals surface area (Å²) in [6.07, 6.45) is 3.24. The minimum Gasteiger partial charge on any atom is -0.0835 e. The summed E-state index contributed by atoms with van der Waals surface area (Å²) in [5, 5.41) is 0. The highest BCUT2D eigenvalue weighted by atomic mass is 79.9. The molecule has 0 saturated heterocycles. The van der Waals surface area contributed by atoms with Gasteiger partial charge in [-0.25, -0.2) is 0 Å². The van der Waals surface area contributed by atoms with E-state index in [9.17, 15) is 0 Å². The average molecular weight is 396 g/mol. The summed E-state index contributed by atoms with van der Waals surface area (Å²) in [5.74, 6) is 0. The Morgan fingerprint density at radius 1 is 0.900 bits per heavy atom. The Hall–Kier alpha value is -0.600. The zero-order valence-electron chi connectivity index (χ0n) is 12.0. The van der Waals surface area contributed by atoms with Gasteiger partial charge in [-0.1, -0.05) is 76.0 Å². The number of benzene rings is 2. The summed E-state index contributed by atoms with van der Waals surface area (Å²) >= 11 is 7.32. The number of aryl methyl sites for hydroxylation is 2. The van der Waals surface area contributed by atoms with Gasteiger partial charge in [0.25, 0.3) is 0 Å². The molecule has 2 aromatic carbocycles. The summed E-state index contributed by atoms with van der Waals surface area (Å²) < 4.78 is 1.13. The van der Waals surface area contributed by atoms with Crippen molar-refractivity contribution in [1.82, 2.24) is 0 Å². The van der Waals surface area contributed by atoms with E-state index in [0.717, 1.165) is 23.7 Å². The lowest BCUT2D eigenvalue weighted by atomic mass is 9.97. The molecule has 0 aliphatic heterocycles. The van der Waals surface area contributed by atoms with Crippen molar-refractivity contribution < 1.29 is 0 Å². The van der Waals surface area contributed by atoms with Gasteiger partial charge in [-0.2, -0.15) is 0 Å². The highest BCUT2D eigenvalue weighted by Gasteiger charge is 2.10. The Bertz CT molecular complexity index is 558. The molecule has 2 rings (SSSR count). The van der Waals surface area contributed by atoms with E-state index in [1.54, 1.807) is 0 Å². The first-order valence-electron chi connectivity index (χ1n) is 7.14. The standard InChI is InChI=1S/C18H20Br2/c1-3-14-7-8-16(12-15(14)4-2)18(20)11-13-5-9-17(19)10-6-13/h5-10,12,18H,3-4,11H2,1-2H3. The normalized spacial score (nSPS) is 12.4. The first-order valence-corrected chi connectivity index (χ1v) is 8.85. The van der Waals surface area contributed by atoms with Crippen molar-refractivity contribution in [2.45, 2.75) is 37.9 Å². The van der Waals surface area contributed by atoms with Crippen molar-refractivity contribution in [3.05, 3.63) is 69.2 Å². The molecule has 1 atom stereocenters. The van der Waals surface area contributed by atoms with Gasteiger partial charge in [-0.3, -0.25) is 0 Å². The zero-order valence-corrected chi connectivity index (χ0v) is 15.2. The van der Waals surface area contributed by atoms with Gasteiger partial charge < -0.3 is 0 Å². The van der Waals surface area contributed by atoms with Crippen LogP contribution in [0.5, 0.6) is 0 Å². The van der Waals surface area contributed by atoms with Crippen LogP contribution in [0, 0.1) is 0 Å². The number of hydrogen-bond acceptors (Lipinski definition) is 0. The van der Waals surface area contributed by atoms with E-state index in [1.807, 2.05) is 0 Å². The molecule has 0 saturated carbocycles. The molecule has 0 radical (unpaired) electrons. The fourth-order valence-corrected chi connectivity index (χ4v) is 3.38. The molecule has 20 heavy (non-hydrogen) atoms. The summed E-state index contributed by atoms with van der Waals surface area (Å²) in [6, 6.07) is 15.5. The fourth-order valence-electron chi connectivity index (χ4n) is 2.46. The first kappa shape index (κ1) is 15.8.